The molecule has 0 aliphatic heterocycles. The smallest absolute Gasteiger partial charge is 0.291 e. The van der Waals surface area contributed by atoms with Gasteiger partial charge in [-0.3, -0.25) is 4.79 Å². The number of carbonyl (C=O) groups is 1. The van der Waals surface area contributed by atoms with E-state index in [-0.39, 0.29) is 16.5 Å². The zero-order chi connectivity index (χ0) is 16.4. The molecule has 0 saturated heterocycles. The van der Waals surface area contributed by atoms with Crippen LogP contribution in [0.4, 0.5) is 14.5 Å². The first-order valence-corrected chi connectivity index (χ1v) is 7.03. The van der Waals surface area contributed by atoms with E-state index >= 15 is 0 Å². The molecule has 0 spiro atoms. The van der Waals surface area contributed by atoms with Crippen molar-refractivity contribution in [3.05, 3.63) is 77.0 Å². The Morgan fingerprint density at radius 3 is 2.52 bits per heavy atom. The van der Waals surface area contributed by atoms with Gasteiger partial charge in [-0.15, -0.1) is 0 Å². The van der Waals surface area contributed by atoms with Gasteiger partial charge >= 0.3 is 0 Å². The first-order chi connectivity index (χ1) is 11.0. The molecule has 2 aromatic carbocycles. The molecule has 3 aromatic rings. The summed E-state index contributed by atoms with van der Waals surface area (Å²) in [4.78, 5) is 12.1. The zero-order valence-corrected chi connectivity index (χ0v) is 12.4. The van der Waals surface area contributed by atoms with E-state index in [1.807, 2.05) is 0 Å². The van der Waals surface area contributed by atoms with Gasteiger partial charge in [-0.25, -0.2) is 8.78 Å². The molecule has 0 unspecified atom stereocenters. The summed E-state index contributed by atoms with van der Waals surface area (Å²) in [6, 6.07) is 12.9. The molecule has 0 atom stereocenters. The number of anilines is 1. The average Bonchev–Trinajstić information content (AvgIpc) is 3.02. The lowest BCUT2D eigenvalue weighted by Crippen LogP contribution is -2.11. The van der Waals surface area contributed by atoms with Gasteiger partial charge in [0.25, 0.3) is 5.91 Å². The van der Waals surface area contributed by atoms with Crippen molar-refractivity contribution in [2.75, 3.05) is 5.32 Å². The van der Waals surface area contributed by atoms with E-state index in [4.69, 9.17) is 16.0 Å². The minimum Gasteiger partial charge on any atom is -0.451 e. The van der Waals surface area contributed by atoms with Crippen LogP contribution in [0.2, 0.25) is 5.02 Å². The van der Waals surface area contributed by atoms with Crippen LogP contribution < -0.4 is 5.32 Å². The van der Waals surface area contributed by atoms with E-state index in [1.165, 1.54) is 42.5 Å². The summed E-state index contributed by atoms with van der Waals surface area (Å²) in [7, 11) is 0. The highest BCUT2D eigenvalue weighted by Crippen LogP contribution is 2.27. The molecule has 0 fully saturated rings. The summed E-state index contributed by atoms with van der Waals surface area (Å²) in [5.74, 6) is -1.32. The number of rotatable bonds is 3. The van der Waals surface area contributed by atoms with Crippen molar-refractivity contribution in [2.24, 2.45) is 0 Å². The predicted molar refractivity (Wildman–Crippen MR) is 83.5 cm³/mol. The van der Waals surface area contributed by atoms with Crippen LogP contribution in [0.3, 0.4) is 0 Å². The lowest BCUT2D eigenvalue weighted by Gasteiger charge is -2.04. The Morgan fingerprint density at radius 1 is 1.00 bits per heavy atom. The maximum Gasteiger partial charge on any atom is 0.291 e. The standard InChI is InChI=1S/C17H10ClF2NO2/c18-11-9-10(5-6-12(11)19)15-7-8-16(23-15)17(22)21-14-4-2-1-3-13(14)20/h1-9H,(H,21,22). The Balaban J connectivity index is 1.82. The molecule has 1 aromatic heterocycles. The van der Waals surface area contributed by atoms with Gasteiger partial charge in [0.2, 0.25) is 0 Å². The average molecular weight is 334 g/mol. The Kier molecular flexibility index (Phi) is 4.12. The fraction of sp³-hybridized carbons (Fsp3) is 0. The van der Waals surface area contributed by atoms with Crippen LogP contribution >= 0.6 is 11.6 Å². The van der Waals surface area contributed by atoms with E-state index < -0.39 is 17.5 Å². The fourth-order valence-electron chi connectivity index (χ4n) is 2.01. The van der Waals surface area contributed by atoms with Crippen molar-refractivity contribution in [1.82, 2.24) is 0 Å². The van der Waals surface area contributed by atoms with Gasteiger partial charge < -0.3 is 9.73 Å². The van der Waals surface area contributed by atoms with Crippen molar-refractivity contribution in [1.29, 1.82) is 0 Å². The van der Waals surface area contributed by atoms with Gasteiger partial charge in [0.1, 0.15) is 17.4 Å². The number of carbonyl (C=O) groups excluding carboxylic acids is 1. The van der Waals surface area contributed by atoms with E-state index in [9.17, 15) is 13.6 Å². The van der Waals surface area contributed by atoms with E-state index in [1.54, 1.807) is 12.1 Å². The molecule has 0 aliphatic rings. The molecular formula is C17H10ClF2NO2. The van der Waals surface area contributed by atoms with Gasteiger partial charge in [0, 0.05) is 5.56 Å². The van der Waals surface area contributed by atoms with Gasteiger partial charge in [-0.1, -0.05) is 23.7 Å². The molecular weight excluding hydrogens is 324 g/mol. The summed E-state index contributed by atoms with van der Waals surface area (Å²) in [5.41, 5.74) is 0.585. The molecule has 1 N–H and O–H groups in total. The van der Waals surface area contributed by atoms with Crippen molar-refractivity contribution in [2.45, 2.75) is 0 Å². The normalized spacial score (nSPS) is 10.6. The van der Waals surface area contributed by atoms with Crippen molar-refractivity contribution in [3.63, 3.8) is 0 Å². The molecule has 0 radical (unpaired) electrons. The summed E-state index contributed by atoms with van der Waals surface area (Å²) < 4.78 is 32.1. The number of nitrogens with one attached hydrogen (secondary N) is 1. The van der Waals surface area contributed by atoms with Crippen LogP contribution in [-0.2, 0) is 0 Å². The molecule has 23 heavy (non-hydrogen) atoms. The first kappa shape index (κ1) is 15.2. The monoisotopic (exact) mass is 333 g/mol. The summed E-state index contributed by atoms with van der Waals surface area (Å²) in [5, 5.41) is 2.37. The van der Waals surface area contributed by atoms with Gasteiger partial charge in [-0.2, -0.15) is 0 Å². The Bertz CT molecular complexity index is 877. The minimum absolute atomic E-state index is 0.00343. The topological polar surface area (TPSA) is 42.2 Å². The summed E-state index contributed by atoms with van der Waals surface area (Å²) in [6.45, 7) is 0. The minimum atomic E-state index is -0.588. The summed E-state index contributed by atoms with van der Waals surface area (Å²) in [6.07, 6.45) is 0. The number of benzene rings is 2. The van der Waals surface area contributed by atoms with Crippen LogP contribution in [0.5, 0.6) is 0 Å². The number of amides is 1. The highest BCUT2D eigenvalue weighted by atomic mass is 35.5. The zero-order valence-electron chi connectivity index (χ0n) is 11.6. The lowest BCUT2D eigenvalue weighted by molar-refractivity contribution is 0.0997. The highest BCUT2D eigenvalue weighted by Gasteiger charge is 2.14. The second-order valence-corrected chi connectivity index (χ2v) is 5.13. The fourth-order valence-corrected chi connectivity index (χ4v) is 2.19. The van der Waals surface area contributed by atoms with Gasteiger partial charge in [0.15, 0.2) is 5.76 Å². The van der Waals surface area contributed by atoms with Crippen LogP contribution in [0.15, 0.2) is 59.0 Å². The Morgan fingerprint density at radius 2 is 1.78 bits per heavy atom. The SMILES string of the molecule is O=C(Nc1ccccc1F)c1ccc(-c2ccc(F)c(Cl)c2)o1. The molecule has 116 valence electrons. The van der Waals surface area contributed by atoms with Crippen molar-refractivity contribution >= 4 is 23.2 Å². The molecule has 1 heterocycles. The molecule has 6 heteroatoms. The predicted octanol–water partition coefficient (Wildman–Crippen LogP) is 5.13. The maximum absolute atomic E-state index is 13.5. The van der Waals surface area contributed by atoms with Crippen LogP contribution in [0.25, 0.3) is 11.3 Å². The molecule has 3 rings (SSSR count). The number of furan rings is 1. The Labute approximate surface area is 135 Å². The van der Waals surface area contributed by atoms with Crippen LogP contribution in [0, 0.1) is 11.6 Å². The number of halogens is 3. The Hall–Kier alpha value is -2.66. The quantitative estimate of drug-likeness (QED) is 0.722. The second-order valence-electron chi connectivity index (χ2n) is 4.73. The van der Waals surface area contributed by atoms with E-state index in [0.29, 0.717) is 11.3 Å². The number of hydrogen-bond donors (Lipinski definition) is 1. The largest absolute Gasteiger partial charge is 0.451 e. The van der Waals surface area contributed by atoms with E-state index in [0.717, 1.165) is 0 Å². The number of hydrogen-bond acceptors (Lipinski definition) is 2. The third kappa shape index (κ3) is 3.24. The third-order valence-electron chi connectivity index (χ3n) is 3.16. The lowest BCUT2D eigenvalue weighted by atomic mass is 10.2. The highest BCUT2D eigenvalue weighted by molar-refractivity contribution is 6.31. The number of para-hydroxylation sites is 1. The maximum atomic E-state index is 13.5. The molecule has 3 nitrogen and oxygen atoms in total. The third-order valence-corrected chi connectivity index (χ3v) is 3.45. The van der Waals surface area contributed by atoms with Crippen LogP contribution in [-0.4, -0.2) is 5.91 Å². The van der Waals surface area contributed by atoms with Crippen LogP contribution in [0.1, 0.15) is 10.6 Å². The summed E-state index contributed by atoms with van der Waals surface area (Å²) >= 11 is 5.72. The molecule has 0 saturated carbocycles. The van der Waals surface area contributed by atoms with Gasteiger partial charge in [0.05, 0.1) is 10.7 Å². The second kappa shape index (κ2) is 6.22. The van der Waals surface area contributed by atoms with Crippen molar-refractivity contribution < 1.29 is 18.0 Å². The van der Waals surface area contributed by atoms with Crippen molar-refractivity contribution in [3.8, 4) is 11.3 Å². The first-order valence-electron chi connectivity index (χ1n) is 6.66. The molecule has 1 amide bonds. The molecule has 0 bridgehead atoms. The van der Waals surface area contributed by atoms with E-state index in [2.05, 4.69) is 5.32 Å². The van der Waals surface area contributed by atoms with Gasteiger partial charge in [-0.05, 0) is 42.5 Å². The molecule has 0 aliphatic carbocycles.